The van der Waals surface area contributed by atoms with Crippen molar-refractivity contribution in [3.05, 3.63) is 42.1 Å². The van der Waals surface area contributed by atoms with Crippen LogP contribution in [0, 0.1) is 5.92 Å². The van der Waals surface area contributed by atoms with Gasteiger partial charge in [0.15, 0.2) is 5.96 Å². The molecule has 0 aliphatic rings. The van der Waals surface area contributed by atoms with Crippen LogP contribution in [-0.4, -0.2) is 31.1 Å². The van der Waals surface area contributed by atoms with Crippen LogP contribution in [0.4, 0.5) is 0 Å². The summed E-state index contributed by atoms with van der Waals surface area (Å²) in [5.74, 6) is 1.57. The number of hydrogen-bond donors (Lipinski definition) is 2. The number of guanidine groups is 1. The molecule has 0 saturated carbocycles. The molecule has 2 rings (SSSR count). The number of hydrogen-bond acceptors (Lipinski definition) is 2. The lowest BCUT2D eigenvalue weighted by Crippen LogP contribution is -2.39. The Morgan fingerprint density at radius 1 is 1.14 bits per heavy atom. The van der Waals surface area contributed by atoms with Crippen LogP contribution in [0.1, 0.15) is 25.8 Å². The number of benzene rings is 1. The summed E-state index contributed by atoms with van der Waals surface area (Å²) in [5, 5.41) is 7.91. The van der Waals surface area contributed by atoms with Crippen molar-refractivity contribution in [3.63, 3.8) is 0 Å². The minimum atomic E-state index is 0.701. The summed E-state index contributed by atoms with van der Waals surface area (Å²) in [4.78, 5) is 8.75. The summed E-state index contributed by atoms with van der Waals surface area (Å²) in [6.45, 7) is 6.25. The lowest BCUT2D eigenvalue weighted by atomic mass is 10.1. The van der Waals surface area contributed by atoms with Crippen LogP contribution in [0.15, 0.2) is 41.5 Å². The fraction of sp³-hybridized carbons (Fsp3) is 0.444. The Kier molecular flexibility index (Phi) is 6.19. The first-order chi connectivity index (χ1) is 10.7. The van der Waals surface area contributed by atoms with Gasteiger partial charge in [-0.05, 0) is 30.4 Å². The molecule has 1 heterocycles. The second kappa shape index (κ2) is 8.37. The molecule has 22 heavy (non-hydrogen) atoms. The molecule has 0 fully saturated rings. The van der Waals surface area contributed by atoms with E-state index in [2.05, 4.69) is 58.7 Å². The Morgan fingerprint density at radius 3 is 2.68 bits per heavy atom. The van der Waals surface area contributed by atoms with Crippen LogP contribution in [0.5, 0.6) is 0 Å². The number of aromatic nitrogens is 1. The van der Waals surface area contributed by atoms with E-state index in [1.165, 1.54) is 10.9 Å². The number of nitrogens with zero attached hydrogens (tertiary/aromatic N) is 2. The molecule has 0 aliphatic carbocycles. The lowest BCUT2D eigenvalue weighted by Gasteiger charge is -2.13. The maximum absolute atomic E-state index is 4.49. The minimum Gasteiger partial charge on any atom is -0.356 e. The van der Waals surface area contributed by atoms with Gasteiger partial charge in [-0.25, -0.2) is 0 Å². The van der Waals surface area contributed by atoms with Crippen molar-refractivity contribution in [1.82, 2.24) is 15.6 Å². The van der Waals surface area contributed by atoms with Crippen molar-refractivity contribution in [2.45, 2.75) is 26.7 Å². The highest BCUT2D eigenvalue weighted by molar-refractivity contribution is 5.82. The van der Waals surface area contributed by atoms with Crippen molar-refractivity contribution in [3.8, 4) is 0 Å². The number of nitrogens with one attached hydrogen (secondary N) is 2. The predicted octanol–water partition coefficient (Wildman–Crippen LogP) is 2.99. The van der Waals surface area contributed by atoms with Gasteiger partial charge in [0.05, 0.1) is 5.52 Å². The minimum absolute atomic E-state index is 0.701. The Balaban J connectivity index is 1.86. The van der Waals surface area contributed by atoms with Crippen molar-refractivity contribution in [1.29, 1.82) is 0 Å². The fourth-order valence-electron chi connectivity index (χ4n) is 2.38. The van der Waals surface area contributed by atoms with Crippen LogP contribution >= 0.6 is 0 Å². The Hall–Kier alpha value is -2.10. The average Bonchev–Trinajstić information content (AvgIpc) is 2.53. The molecule has 1 aromatic carbocycles. The van der Waals surface area contributed by atoms with Gasteiger partial charge in [-0.3, -0.25) is 9.98 Å². The number of aliphatic imine (C=N–C) groups is 1. The summed E-state index contributed by atoms with van der Waals surface area (Å²) in [7, 11) is 1.81. The van der Waals surface area contributed by atoms with Gasteiger partial charge in [-0.15, -0.1) is 0 Å². The van der Waals surface area contributed by atoms with E-state index in [1.54, 1.807) is 0 Å². The second-order valence-corrected chi connectivity index (χ2v) is 5.85. The second-order valence-electron chi connectivity index (χ2n) is 5.85. The number of para-hydroxylation sites is 1. The normalized spacial score (nSPS) is 11.9. The van der Waals surface area contributed by atoms with Crippen LogP contribution in [0.2, 0.25) is 0 Å². The molecule has 118 valence electrons. The van der Waals surface area contributed by atoms with E-state index in [1.807, 2.05) is 19.3 Å². The molecule has 0 aliphatic heterocycles. The first-order valence-corrected chi connectivity index (χ1v) is 7.98. The molecule has 2 N–H and O–H groups in total. The first kappa shape index (κ1) is 16.3. The summed E-state index contributed by atoms with van der Waals surface area (Å²) in [5.41, 5.74) is 2.36. The molecule has 0 radical (unpaired) electrons. The van der Waals surface area contributed by atoms with Crippen LogP contribution < -0.4 is 10.6 Å². The molecular formula is C18H26N4. The van der Waals surface area contributed by atoms with Gasteiger partial charge in [-0.2, -0.15) is 0 Å². The van der Waals surface area contributed by atoms with Gasteiger partial charge in [0, 0.05) is 31.7 Å². The van der Waals surface area contributed by atoms with Crippen molar-refractivity contribution >= 4 is 16.9 Å². The quantitative estimate of drug-likeness (QED) is 0.637. The fourth-order valence-corrected chi connectivity index (χ4v) is 2.38. The molecule has 0 amide bonds. The van der Waals surface area contributed by atoms with Crippen LogP contribution in [-0.2, 0) is 6.42 Å². The third-order valence-corrected chi connectivity index (χ3v) is 3.64. The monoisotopic (exact) mass is 298 g/mol. The third-order valence-electron chi connectivity index (χ3n) is 3.64. The summed E-state index contributed by atoms with van der Waals surface area (Å²) >= 11 is 0. The molecule has 4 nitrogen and oxygen atoms in total. The maximum atomic E-state index is 4.49. The SMILES string of the molecule is CN=C(NCCc1cccc2cccnc12)NCCC(C)C. The Morgan fingerprint density at radius 2 is 1.91 bits per heavy atom. The molecule has 4 heteroatoms. The van der Waals surface area contributed by atoms with Gasteiger partial charge in [0.25, 0.3) is 0 Å². The predicted molar refractivity (Wildman–Crippen MR) is 94.3 cm³/mol. The topological polar surface area (TPSA) is 49.3 Å². The van der Waals surface area contributed by atoms with Gasteiger partial charge in [0.2, 0.25) is 0 Å². The number of fused-ring (bicyclic) bond motifs is 1. The third kappa shape index (κ3) is 4.72. The van der Waals surface area contributed by atoms with Gasteiger partial charge in [0.1, 0.15) is 0 Å². The molecular weight excluding hydrogens is 272 g/mol. The molecule has 0 unspecified atom stereocenters. The molecule has 0 spiro atoms. The highest BCUT2D eigenvalue weighted by Crippen LogP contribution is 2.15. The largest absolute Gasteiger partial charge is 0.356 e. The van der Waals surface area contributed by atoms with Gasteiger partial charge < -0.3 is 10.6 Å². The Bertz CT molecular complexity index is 614. The van der Waals surface area contributed by atoms with Crippen LogP contribution in [0.25, 0.3) is 10.9 Å². The maximum Gasteiger partial charge on any atom is 0.190 e. The van der Waals surface area contributed by atoms with Crippen molar-refractivity contribution in [2.75, 3.05) is 20.1 Å². The van der Waals surface area contributed by atoms with E-state index in [4.69, 9.17) is 0 Å². The lowest BCUT2D eigenvalue weighted by molar-refractivity contribution is 0.573. The van der Waals surface area contributed by atoms with E-state index in [9.17, 15) is 0 Å². The van der Waals surface area contributed by atoms with E-state index in [-0.39, 0.29) is 0 Å². The number of rotatable bonds is 6. The molecule has 0 saturated heterocycles. The standard InChI is InChI=1S/C18H26N4/c1-14(2)9-12-21-18(19-3)22-13-10-16-7-4-6-15-8-5-11-20-17(15)16/h4-8,11,14H,9-10,12-13H2,1-3H3,(H2,19,21,22). The zero-order valence-electron chi connectivity index (χ0n) is 13.8. The van der Waals surface area contributed by atoms with Crippen molar-refractivity contribution in [2.24, 2.45) is 10.9 Å². The van der Waals surface area contributed by atoms with E-state index >= 15 is 0 Å². The summed E-state index contributed by atoms with van der Waals surface area (Å²) < 4.78 is 0. The highest BCUT2D eigenvalue weighted by atomic mass is 15.2. The first-order valence-electron chi connectivity index (χ1n) is 7.98. The molecule has 1 aromatic heterocycles. The smallest absolute Gasteiger partial charge is 0.190 e. The van der Waals surface area contributed by atoms with E-state index in [0.29, 0.717) is 5.92 Å². The molecule has 2 aromatic rings. The van der Waals surface area contributed by atoms with Gasteiger partial charge >= 0.3 is 0 Å². The highest BCUT2D eigenvalue weighted by Gasteiger charge is 2.03. The van der Waals surface area contributed by atoms with Gasteiger partial charge in [-0.1, -0.05) is 38.1 Å². The zero-order valence-corrected chi connectivity index (χ0v) is 13.8. The van der Waals surface area contributed by atoms with Crippen molar-refractivity contribution < 1.29 is 0 Å². The Labute approximate surface area is 133 Å². The number of pyridine rings is 1. The van der Waals surface area contributed by atoms with Crippen LogP contribution in [0.3, 0.4) is 0 Å². The average molecular weight is 298 g/mol. The summed E-state index contributed by atoms with van der Waals surface area (Å²) in [6.07, 6.45) is 3.93. The molecule has 0 atom stereocenters. The molecule has 0 bridgehead atoms. The summed E-state index contributed by atoms with van der Waals surface area (Å²) in [6, 6.07) is 10.4. The van der Waals surface area contributed by atoms with E-state index < -0.39 is 0 Å². The van der Waals surface area contributed by atoms with E-state index in [0.717, 1.165) is 37.4 Å². The zero-order chi connectivity index (χ0) is 15.8.